The van der Waals surface area contributed by atoms with Crippen LogP contribution in [0.25, 0.3) is 0 Å². The van der Waals surface area contributed by atoms with Crippen molar-refractivity contribution in [2.75, 3.05) is 13.2 Å². The minimum atomic E-state index is -1.79. The fraction of sp³-hybridized carbons (Fsp3) is 0.914. The molecule has 2 heterocycles. The lowest BCUT2D eigenvalue weighted by atomic mass is 9.90. The van der Waals surface area contributed by atoms with Crippen LogP contribution in [0.3, 0.4) is 0 Å². The van der Waals surface area contributed by atoms with Crippen molar-refractivity contribution in [1.82, 2.24) is 10.6 Å². The molecule has 77 heavy (non-hydrogen) atoms. The van der Waals surface area contributed by atoms with Gasteiger partial charge >= 0.3 is 17.9 Å². The van der Waals surface area contributed by atoms with Gasteiger partial charge in [-0.2, -0.15) is 0 Å². The molecule has 0 unspecified atom stereocenters. The first kappa shape index (κ1) is 70.1. The van der Waals surface area contributed by atoms with E-state index in [0.717, 1.165) is 84.0 Å². The highest BCUT2D eigenvalue weighted by Gasteiger charge is 2.52. The van der Waals surface area contributed by atoms with E-state index in [9.17, 15) is 59.7 Å². The highest BCUT2D eigenvalue weighted by Crippen LogP contribution is 2.31. The van der Waals surface area contributed by atoms with Gasteiger partial charge in [-0.25, -0.2) is 0 Å². The standard InChI is InChI=1S/C58H106N2O17/c1-5-8-11-14-17-20-23-26-29-32-42(63)35-48(66)60-53-57(77-51(70)37-44(65)34-31-28-25-22-19-16-13-10-7-3)54(71)46(39-61)75-58(53)73-40-47-55(72)56(52(59-41(4)62)45(74-47)38-49(67)68)76-50(69)36-43(64)33-30-27-24-21-18-15-12-9-6-2/h42-47,52-58,61,63-65,71-72H,5-40H2,1-4H3,(H,59,62)(H,60,66)(H,67,68)/t42-,43-,44-,45-,46-,47-,52+,53-,54-,55-,56-,57-,58+/m1/s1. The number of hydrogen-bond acceptors (Lipinski definition) is 16. The van der Waals surface area contributed by atoms with E-state index in [2.05, 4.69) is 31.4 Å². The molecule has 0 aliphatic carbocycles. The van der Waals surface area contributed by atoms with Gasteiger partial charge in [0.15, 0.2) is 18.5 Å². The van der Waals surface area contributed by atoms with Crippen LogP contribution >= 0.6 is 0 Å². The zero-order valence-corrected chi connectivity index (χ0v) is 47.7. The van der Waals surface area contributed by atoms with Crippen LogP contribution in [0.1, 0.15) is 246 Å². The average molecular weight is 1100 g/mol. The predicted octanol–water partition coefficient (Wildman–Crippen LogP) is 7.51. The molecule has 19 heteroatoms. The number of carbonyl (C=O) groups is 5. The Labute approximate surface area is 461 Å². The van der Waals surface area contributed by atoms with Crippen molar-refractivity contribution in [1.29, 1.82) is 0 Å². The fourth-order valence-electron chi connectivity index (χ4n) is 10.4. The number of hydrogen-bond donors (Lipinski definition) is 9. The van der Waals surface area contributed by atoms with Crippen LogP contribution in [0.15, 0.2) is 0 Å². The summed E-state index contributed by atoms with van der Waals surface area (Å²) < 4.78 is 29.7. The number of carboxylic acid groups (broad SMARTS) is 1. The third kappa shape index (κ3) is 31.0. The van der Waals surface area contributed by atoms with Gasteiger partial charge < -0.3 is 70.1 Å². The third-order valence-electron chi connectivity index (χ3n) is 14.9. The molecule has 2 rings (SSSR count). The molecule has 2 amide bonds. The normalized spacial score (nSPS) is 24.6. The number of esters is 2. The smallest absolute Gasteiger partial charge is 0.308 e. The lowest BCUT2D eigenvalue weighted by Gasteiger charge is -2.46. The summed E-state index contributed by atoms with van der Waals surface area (Å²) in [5, 5.41) is 81.4. The molecule has 2 aliphatic rings. The quantitative estimate of drug-likeness (QED) is 0.0210. The van der Waals surface area contributed by atoms with E-state index < -0.39 is 142 Å². The summed E-state index contributed by atoms with van der Waals surface area (Å²) in [7, 11) is 0. The maximum atomic E-state index is 13.7. The molecular formula is C58H106N2O17. The summed E-state index contributed by atoms with van der Waals surface area (Å²) in [5.74, 6) is -4.51. The van der Waals surface area contributed by atoms with Gasteiger partial charge in [0, 0.05) is 6.92 Å². The van der Waals surface area contributed by atoms with Crippen LogP contribution in [-0.2, 0) is 47.7 Å². The van der Waals surface area contributed by atoms with Gasteiger partial charge in [-0.1, -0.05) is 194 Å². The monoisotopic (exact) mass is 1100 g/mol. The molecule has 0 aromatic rings. The van der Waals surface area contributed by atoms with E-state index in [1.807, 2.05) is 0 Å². The lowest BCUT2D eigenvalue weighted by molar-refractivity contribution is -0.288. The van der Waals surface area contributed by atoms with Crippen LogP contribution in [-0.4, -0.2) is 158 Å². The van der Waals surface area contributed by atoms with Crippen LogP contribution in [0, 0.1) is 0 Å². The second-order valence-corrected chi connectivity index (χ2v) is 22.0. The van der Waals surface area contributed by atoms with Gasteiger partial charge in [0.2, 0.25) is 11.8 Å². The number of carboxylic acids is 1. The number of amides is 2. The van der Waals surface area contributed by atoms with Crippen molar-refractivity contribution in [2.24, 2.45) is 0 Å². The Balaban J connectivity index is 2.28. The molecule has 2 fully saturated rings. The molecule has 0 saturated carbocycles. The Kier molecular flexibility index (Phi) is 39.0. The van der Waals surface area contributed by atoms with Crippen LogP contribution in [0.4, 0.5) is 0 Å². The first-order chi connectivity index (χ1) is 37.0. The van der Waals surface area contributed by atoms with E-state index in [1.165, 1.54) is 77.0 Å². The highest BCUT2D eigenvalue weighted by atomic mass is 16.7. The maximum Gasteiger partial charge on any atom is 0.308 e. The molecule has 0 bridgehead atoms. The topological polar surface area (TPSA) is 297 Å². The largest absolute Gasteiger partial charge is 0.481 e. The van der Waals surface area contributed by atoms with E-state index in [4.69, 9.17) is 23.7 Å². The van der Waals surface area contributed by atoms with Crippen molar-refractivity contribution in [3.05, 3.63) is 0 Å². The van der Waals surface area contributed by atoms with Gasteiger partial charge in [0.25, 0.3) is 0 Å². The Hall–Kier alpha value is -3.01. The van der Waals surface area contributed by atoms with Gasteiger partial charge in [0.05, 0.1) is 69.4 Å². The molecule has 2 aliphatic heterocycles. The first-order valence-electron chi connectivity index (χ1n) is 30.2. The summed E-state index contributed by atoms with van der Waals surface area (Å²) >= 11 is 0. The minimum absolute atomic E-state index is 0.325. The summed E-state index contributed by atoms with van der Waals surface area (Å²) in [6.07, 6.45) is 12.0. The Bertz CT molecular complexity index is 1580. The summed E-state index contributed by atoms with van der Waals surface area (Å²) in [5.41, 5.74) is 0. The zero-order valence-electron chi connectivity index (χ0n) is 47.7. The average Bonchev–Trinajstić information content (AvgIpc) is 3.37. The number of rotatable bonds is 46. The SMILES string of the molecule is CCCCCCCCCCC[C@@H](O)CC(=O)N[C@H]1[C@@H](OC[C@H]2O[C@H](CC(=O)O)[C@H](NC(C)=O)[C@@H](OC(=O)C[C@H](O)CCCCCCCCCCC)[C@@H]2O)O[C@H](CO)[C@@H](O)[C@@H]1OC(=O)C[C@H](O)CCCCCCCCCCC. The van der Waals surface area contributed by atoms with Crippen LogP contribution in [0.5, 0.6) is 0 Å². The van der Waals surface area contributed by atoms with Gasteiger partial charge in [-0.15, -0.1) is 0 Å². The second-order valence-electron chi connectivity index (χ2n) is 22.0. The predicted molar refractivity (Wildman–Crippen MR) is 291 cm³/mol. The Morgan fingerprint density at radius 1 is 0.494 bits per heavy atom. The zero-order chi connectivity index (χ0) is 56.8. The number of aliphatic hydroxyl groups excluding tert-OH is 6. The van der Waals surface area contributed by atoms with E-state index in [1.54, 1.807) is 0 Å². The molecule has 13 atom stereocenters. The number of aliphatic carboxylic acids is 1. The first-order valence-corrected chi connectivity index (χ1v) is 30.2. The number of nitrogens with one attached hydrogen (secondary N) is 2. The number of carbonyl (C=O) groups excluding carboxylic acids is 4. The van der Waals surface area contributed by atoms with Gasteiger partial charge in [-0.05, 0) is 19.3 Å². The molecule has 0 radical (unpaired) electrons. The summed E-state index contributed by atoms with van der Waals surface area (Å²) in [6, 6.07) is -2.87. The molecule has 9 N–H and O–H groups in total. The van der Waals surface area contributed by atoms with E-state index >= 15 is 0 Å². The van der Waals surface area contributed by atoms with Crippen LogP contribution < -0.4 is 10.6 Å². The maximum absolute atomic E-state index is 13.7. The van der Waals surface area contributed by atoms with E-state index in [-0.39, 0.29) is 6.42 Å². The molecule has 2 saturated heterocycles. The second kappa shape index (κ2) is 42.8. The van der Waals surface area contributed by atoms with Crippen molar-refractivity contribution < 1.29 is 83.4 Å². The van der Waals surface area contributed by atoms with Gasteiger partial charge in [0.1, 0.15) is 30.5 Å². The van der Waals surface area contributed by atoms with Crippen molar-refractivity contribution >= 4 is 29.7 Å². The number of unbranched alkanes of at least 4 members (excludes halogenated alkanes) is 24. The lowest BCUT2D eigenvalue weighted by Crippen LogP contribution is -2.67. The minimum Gasteiger partial charge on any atom is -0.481 e. The van der Waals surface area contributed by atoms with Crippen molar-refractivity contribution in [2.45, 2.75) is 325 Å². The van der Waals surface area contributed by atoms with E-state index in [0.29, 0.717) is 38.5 Å². The highest BCUT2D eigenvalue weighted by molar-refractivity contribution is 5.77. The molecule has 19 nitrogen and oxygen atoms in total. The summed E-state index contributed by atoms with van der Waals surface area (Å²) in [6.45, 7) is 6.22. The Morgan fingerprint density at radius 2 is 0.870 bits per heavy atom. The van der Waals surface area contributed by atoms with Crippen LogP contribution in [0.2, 0.25) is 0 Å². The molecule has 450 valence electrons. The third-order valence-corrected chi connectivity index (χ3v) is 14.9. The van der Waals surface area contributed by atoms with Crippen molar-refractivity contribution in [3.8, 4) is 0 Å². The van der Waals surface area contributed by atoms with Gasteiger partial charge in [-0.3, -0.25) is 24.0 Å². The molecular weight excluding hydrogens is 997 g/mol. The molecule has 0 aromatic carbocycles. The Morgan fingerprint density at radius 3 is 1.26 bits per heavy atom. The molecule has 0 aromatic heterocycles. The summed E-state index contributed by atoms with van der Waals surface area (Å²) in [4.78, 5) is 65.3. The molecule has 0 spiro atoms. The fourth-order valence-corrected chi connectivity index (χ4v) is 10.4. The number of aliphatic hydroxyl groups is 6. The van der Waals surface area contributed by atoms with Crippen molar-refractivity contribution in [3.63, 3.8) is 0 Å². The number of ether oxygens (including phenoxy) is 5.